The summed E-state index contributed by atoms with van der Waals surface area (Å²) in [6.07, 6.45) is 2.72. The van der Waals surface area contributed by atoms with E-state index in [1.54, 1.807) is 16.8 Å². The first-order valence-electron chi connectivity index (χ1n) is 6.48. The Morgan fingerprint density at radius 3 is 2.48 bits per heavy atom. The maximum absolute atomic E-state index is 12.2. The summed E-state index contributed by atoms with van der Waals surface area (Å²) in [5, 5.41) is 7.58. The molecule has 114 valence electrons. The minimum absolute atomic E-state index is 0.100. The van der Waals surface area contributed by atoms with Crippen LogP contribution in [0.1, 0.15) is 18.2 Å². The largest absolute Gasteiger partial charge is 0.446 e. The van der Waals surface area contributed by atoms with Gasteiger partial charge in [-0.3, -0.25) is 4.68 Å². The van der Waals surface area contributed by atoms with Crippen LogP contribution in [0.3, 0.4) is 0 Å². The number of benzene rings is 1. The normalized spacial score (nSPS) is 11.7. The molecule has 3 nitrogen and oxygen atoms in total. The first-order chi connectivity index (χ1) is 9.87. The molecule has 2 rings (SSSR count). The van der Waals surface area contributed by atoms with E-state index in [1.165, 1.54) is 12.1 Å². The predicted octanol–water partition coefficient (Wildman–Crippen LogP) is 4.21. The topological polar surface area (TPSA) is 29.9 Å². The molecule has 0 spiro atoms. The maximum Gasteiger partial charge on any atom is 0.446 e. The molecule has 1 aromatic carbocycles. The van der Waals surface area contributed by atoms with Gasteiger partial charge in [-0.15, -0.1) is 0 Å². The molecule has 0 aliphatic heterocycles. The number of rotatable bonds is 5. The van der Waals surface area contributed by atoms with Gasteiger partial charge in [-0.2, -0.15) is 18.3 Å². The predicted molar refractivity (Wildman–Crippen MR) is 78.3 cm³/mol. The highest BCUT2D eigenvalue weighted by molar-refractivity contribution is 8.00. The number of aryl methyl sites for hydroxylation is 2. The SMILES string of the molecule is CCc1nn(C)cc1NCc1ccc(SC(F)(F)F)cc1. The number of nitrogens with one attached hydrogen (secondary N) is 1. The minimum Gasteiger partial charge on any atom is -0.378 e. The summed E-state index contributed by atoms with van der Waals surface area (Å²) in [7, 11) is 1.85. The van der Waals surface area contributed by atoms with Crippen LogP contribution in [0.25, 0.3) is 0 Å². The highest BCUT2D eigenvalue weighted by atomic mass is 32.2. The standard InChI is InChI=1S/C14H16F3N3S/c1-3-12-13(9-20(2)19-12)18-8-10-4-6-11(7-5-10)21-14(15,16)17/h4-7,9,18H,3,8H2,1-2H3. The van der Waals surface area contributed by atoms with Gasteiger partial charge in [-0.1, -0.05) is 19.1 Å². The van der Waals surface area contributed by atoms with Crippen molar-refractivity contribution in [3.63, 3.8) is 0 Å². The summed E-state index contributed by atoms with van der Waals surface area (Å²) in [5.74, 6) is 0. The van der Waals surface area contributed by atoms with Crippen LogP contribution in [0.5, 0.6) is 0 Å². The smallest absolute Gasteiger partial charge is 0.378 e. The van der Waals surface area contributed by atoms with Crippen LogP contribution in [0, 0.1) is 0 Å². The van der Waals surface area contributed by atoms with Crippen LogP contribution in [-0.2, 0) is 20.0 Å². The van der Waals surface area contributed by atoms with Crippen LogP contribution in [0.2, 0.25) is 0 Å². The number of alkyl halides is 3. The van der Waals surface area contributed by atoms with Crippen molar-refractivity contribution in [3.8, 4) is 0 Å². The number of anilines is 1. The highest BCUT2D eigenvalue weighted by Gasteiger charge is 2.28. The van der Waals surface area contributed by atoms with E-state index in [1.807, 2.05) is 20.2 Å². The first-order valence-corrected chi connectivity index (χ1v) is 7.30. The number of thioether (sulfide) groups is 1. The molecule has 0 saturated heterocycles. The first kappa shape index (κ1) is 15.8. The molecule has 0 amide bonds. The molecule has 0 unspecified atom stereocenters. The van der Waals surface area contributed by atoms with Crippen molar-refractivity contribution in [2.24, 2.45) is 7.05 Å². The van der Waals surface area contributed by atoms with E-state index in [0.717, 1.165) is 23.4 Å². The van der Waals surface area contributed by atoms with Crippen molar-refractivity contribution in [2.75, 3.05) is 5.32 Å². The van der Waals surface area contributed by atoms with Crippen LogP contribution in [-0.4, -0.2) is 15.3 Å². The molecule has 0 radical (unpaired) electrons. The second kappa shape index (κ2) is 6.43. The van der Waals surface area contributed by atoms with Gasteiger partial charge >= 0.3 is 5.51 Å². The van der Waals surface area contributed by atoms with Crippen molar-refractivity contribution in [3.05, 3.63) is 41.7 Å². The molecule has 1 N–H and O–H groups in total. The average molecular weight is 315 g/mol. The fourth-order valence-electron chi connectivity index (χ4n) is 1.95. The van der Waals surface area contributed by atoms with E-state index in [0.29, 0.717) is 6.54 Å². The quantitative estimate of drug-likeness (QED) is 0.838. The lowest BCUT2D eigenvalue weighted by molar-refractivity contribution is -0.0328. The van der Waals surface area contributed by atoms with Crippen molar-refractivity contribution in [2.45, 2.75) is 30.3 Å². The molecule has 1 heterocycles. The molecule has 21 heavy (non-hydrogen) atoms. The van der Waals surface area contributed by atoms with E-state index < -0.39 is 5.51 Å². The molecule has 0 bridgehead atoms. The Kier molecular flexibility index (Phi) is 4.82. The summed E-state index contributed by atoms with van der Waals surface area (Å²) in [6.45, 7) is 2.58. The average Bonchev–Trinajstić information content (AvgIpc) is 2.76. The van der Waals surface area contributed by atoms with Gasteiger partial charge in [0.1, 0.15) is 0 Å². The van der Waals surface area contributed by atoms with Crippen molar-refractivity contribution in [1.82, 2.24) is 9.78 Å². The Bertz CT molecular complexity index is 591. The van der Waals surface area contributed by atoms with E-state index in [9.17, 15) is 13.2 Å². The van der Waals surface area contributed by atoms with Gasteiger partial charge in [-0.05, 0) is 35.9 Å². The molecule has 0 saturated carbocycles. The summed E-state index contributed by atoms with van der Waals surface area (Å²) in [5.41, 5.74) is -1.39. The Morgan fingerprint density at radius 2 is 1.90 bits per heavy atom. The minimum atomic E-state index is -4.24. The third-order valence-electron chi connectivity index (χ3n) is 2.88. The maximum atomic E-state index is 12.2. The van der Waals surface area contributed by atoms with Gasteiger partial charge in [0.25, 0.3) is 0 Å². The zero-order valence-electron chi connectivity index (χ0n) is 11.7. The number of halogens is 3. The van der Waals surface area contributed by atoms with E-state index in [4.69, 9.17) is 0 Å². The summed E-state index contributed by atoms with van der Waals surface area (Å²) in [6, 6.07) is 6.37. The lowest BCUT2D eigenvalue weighted by Gasteiger charge is -2.08. The Balaban J connectivity index is 1.97. The summed E-state index contributed by atoms with van der Waals surface area (Å²) in [4.78, 5) is 0.196. The third kappa shape index (κ3) is 4.70. The Labute approximate surface area is 125 Å². The van der Waals surface area contributed by atoms with Crippen LogP contribution in [0.15, 0.2) is 35.4 Å². The zero-order valence-corrected chi connectivity index (χ0v) is 12.6. The monoisotopic (exact) mass is 315 g/mol. The van der Waals surface area contributed by atoms with Crippen molar-refractivity contribution < 1.29 is 13.2 Å². The van der Waals surface area contributed by atoms with Crippen LogP contribution in [0.4, 0.5) is 18.9 Å². The van der Waals surface area contributed by atoms with Gasteiger partial charge in [0.15, 0.2) is 0 Å². The Morgan fingerprint density at radius 1 is 1.24 bits per heavy atom. The van der Waals surface area contributed by atoms with Crippen molar-refractivity contribution in [1.29, 1.82) is 0 Å². The molecule has 0 fully saturated rings. The summed E-state index contributed by atoms with van der Waals surface area (Å²) >= 11 is -0.100. The molecule has 1 aromatic heterocycles. The van der Waals surface area contributed by atoms with Gasteiger partial charge in [0.05, 0.1) is 11.4 Å². The molecule has 2 aromatic rings. The van der Waals surface area contributed by atoms with Gasteiger partial charge < -0.3 is 5.32 Å². The van der Waals surface area contributed by atoms with Crippen LogP contribution < -0.4 is 5.32 Å². The van der Waals surface area contributed by atoms with E-state index in [2.05, 4.69) is 10.4 Å². The number of hydrogen-bond acceptors (Lipinski definition) is 3. The third-order valence-corrected chi connectivity index (χ3v) is 3.62. The lowest BCUT2D eigenvalue weighted by atomic mass is 10.2. The fraction of sp³-hybridized carbons (Fsp3) is 0.357. The van der Waals surface area contributed by atoms with Gasteiger partial charge in [0, 0.05) is 24.7 Å². The molecule has 7 heteroatoms. The van der Waals surface area contributed by atoms with Crippen LogP contribution >= 0.6 is 11.8 Å². The second-order valence-electron chi connectivity index (χ2n) is 4.56. The molecular formula is C14H16F3N3S. The van der Waals surface area contributed by atoms with Crippen molar-refractivity contribution >= 4 is 17.4 Å². The van der Waals surface area contributed by atoms with E-state index >= 15 is 0 Å². The molecular weight excluding hydrogens is 299 g/mol. The molecule has 0 aliphatic rings. The van der Waals surface area contributed by atoms with E-state index in [-0.39, 0.29) is 16.7 Å². The second-order valence-corrected chi connectivity index (χ2v) is 5.70. The highest BCUT2D eigenvalue weighted by Crippen LogP contribution is 2.36. The number of aromatic nitrogens is 2. The van der Waals surface area contributed by atoms with Gasteiger partial charge in [0.2, 0.25) is 0 Å². The Hall–Kier alpha value is -1.63. The zero-order chi connectivity index (χ0) is 15.5. The lowest BCUT2D eigenvalue weighted by Crippen LogP contribution is -2.01. The summed E-state index contributed by atoms with van der Waals surface area (Å²) < 4.78 is 38.5. The number of nitrogens with zero attached hydrogens (tertiary/aromatic N) is 2. The molecule has 0 atom stereocenters. The number of hydrogen-bond donors (Lipinski definition) is 1. The van der Waals surface area contributed by atoms with Gasteiger partial charge in [-0.25, -0.2) is 0 Å². The molecule has 0 aliphatic carbocycles. The fourth-order valence-corrected chi connectivity index (χ4v) is 2.49.